The molecule has 1 spiro atoms. The van der Waals surface area contributed by atoms with Gasteiger partial charge in [0.2, 0.25) is 10.0 Å². The maximum Gasteiger partial charge on any atom is 0.339 e. The fourth-order valence-electron chi connectivity index (χ4n) is 4.04. The van der Waals surface area contributed by atoms with Crippen molar-refractivity contribution in [1.29, 1.82) is 0 Å². The van der Waals surface area contributed by atoms with Crippen molar-refractivity contribution < 1.29 is 22.7 Å². The fraction of sp³-hybridized carbons (Fsp3) is 0.381. The lowest BCUT2D eigenvalue weighted by Gasteiger charge is -2.38. The molecule has 1 fully saturated rings. The first-order valence-corrected chi connectivity index (χ1v) is 11.0. The maximum atomic E-state index is 13.0. The normalized spacial score (nSPS) is 22.1. The molecule has 2 aromatic rings. The Kier molecular flexibility index (Phi) is 4.89. The summed E-state index contributed by atoms with van der Waals surface area (Å²) < 4.78 is 38.3. The van der Waals surface area contributed by atoms with Crippen LogP contribution >= 0.6 is 0 Å². The molecular formula is C21H23NO5S. The molecule has 4 rings (SSSR count). The smallest absolute Gasteiger partial charge is 0.339 e. The van der Waals surface area contributed by atoms with Crippen LogP contribution < -0.4 is 4.74 Å². The monoisotopic (exact) mass is 401 g/mol. The Balaban J connectivity index is 1.50. The van der Waals surface area contributed by atoms with Gasteiger partial charge in [-0.3, -0.25) is 0 Å². The maximum absolute atomic E-state index is 13.0. The third-order valence-electron chi connectivity index (χ3n) is 5.55. The largest absolute Gasteiger partial charge is 0.497 e. The van der Waals surface area contributed by atoms with Crippen molar-refractivity contribution >= 4 is 16.0 Å². The average molecular weight is 401 g/mol. The number of benzene rings is 2. The van der Waals surface area contributed by atoms with E-state index in [4.69, 9.17) is 9.47 Å². The van der Waals surface area contributed by atoms with Crippen LogP contribution in [0.5, 0.6) is 5.75 Å². The minimum atomic E-state index is -3.47. The summed E-state index contributed by atoms with van der Waals surface area (Å²) >= 11 is 0. The molecule has 148 valence electrons. The Morgan fingerprint density at radius 2 is 1.89 bits per heavy atom. The first-order valence-electron chi connectivity index (χ1n) is 9.37. The van der Waals surface area contributed by atoms with Crippen molar-refractivity contribution in [3.05, 3.63) is 65.2 Å². The highest BCUT2D eigenvalue weighted by Gasteiger charge is 2.49. The van der Waals surface area contributed by atoms with Crippen LogP contribution in [0.25, 0.3) is 0 Å². The van der Waals surface area contributed by atoms with E-state index in [0.29, 0.717) is 31.4 Å². The van der Waals surface area contributed by atoms with Crippen molar-refractivity contribution in [3.63, 3.8) is 0 Å². The summed E-state index contributed by atoms with van der Waals surface area (Å²) in [6.45, 7) is 0.632. The van der Waals surface area contributed by atoms with Gasteiger partial charge in [0.1, 0.15) is 5.75 Å². The van der Waals surface area contributed by atoms with E-state index in [9.17, 15) is 13.2 Å². The fourth-order valence-corrected chi connectivity index (χ4v) is 5.60. The van der Waals surface area contributed by atoms with Crippen LogP contribution in [0.4, 0.5) is 0 Å². The van der Waals surface area contributed by atoms with E-state index < -0.39 is 15.6 Å². The van der Waals surface area contributed by atoms with E-state index in [2.05, 4.69) is 0 Å². The van der Waals surface area contributed by atoms with Crippen molar-refractivity contribution in [3.8, 4) is 5.75 Å². The molecule has 1 saturated heterocycles. The summed E-state index contributed by atoms with van der Waals surface area (Å²) in [5.74, 6) is 0.393. The SMILES string of the molecule is COc1ccc(CCS(=O)(=O)N2CCCC3(C2)OC(=O)c2ccccc23)cc1. The van der Waals surface area contributed by atoms with Crippen LogP contribution in [0, 0.1) is 0 Å². The predicted octanol–water partition coefficient (Wildman–Crippen LogP) is 2.73. The van der Waals surface area contributed by atoms with Gasteiger partial charge in [-0.1, -0.05) is 30.3 Å². The quantitative estimate of drug-likeness (QED) is 0.721. The topological polar surface area (TPSA) is 72.9 Å². The average Bonchev–Trinajstić information content (AvgIpc) is 2.98. The summed E-state index contributed by atoms with van der Waals surface area (Å²) in [6.07, 6.45) is 1.72. The zero-order valence-electron chi connectivity index (χ0n) is 15.8. The minimum Gasteiger partial charge on any atom is -0.497 e. The van der Waals surface area contributed by atoms with E-state index in [1.54, 1.807) is 19.2 Å². The van der Waals surface area contributed by atoms with Crippen LogP contribution in [0.3, 0.4) is 0 Å². The number of aryl methyl sites for hydroxylation is 1. The third-order valence-corrected chi connectivity index (χ3v) is 7.37. The lowest BCUT2D eigenvalue weighted by atomic mass is 9.86. The minimum absolute atomic E-state index is 0.0189. The molecular weight excluding hydrogens is 378 g/mol. The van der Waals surface area contributed by atoms with Crippen molar-refractivity contribution in [2.75, 3.05) is 26.0 Å². The molecule has 2 aromatic carbocycles. The summed E-state index contributed by atoms with van der Waals surface area (Å²) in [5.41, 5.74) is 1.42. The van der Waals surface area contributed by atoms with Crippen LogP contribution in [-0.4, -0.2) is 44.6 Å². The zero-order chi connectivity index (χ0) is 19.8. The molecule has 6 nitrogen and oxygen atoms in total. The summed E-state index contributed by atoms with van der Waals surface area (Å²) in [6, 6.07) is 14.7. The predicted molar refractivity (Wildman–Crippen MR) is 105 cm³/mol. The summed E-state index contributed by atoms with van der Waals surface area (Å²) in [5, 5.41) is 0. The number of sulfonamides is 1. The molecule has 7 heteroatoms. The van der Waals surface area contributed by atoms with Crippen LogP contribution in [0.2, 0.25) is 0 Å². The number of fused-ring (bicyclic) bond motifs is 2. The Hall–Kier alpha value is -2.38. The molecule has 0 bridgehead atoms. The van der Waals surface area contributed by atoms with Gasteiger partial charge < -0.3 is 9.47 Å². The van der Waals surface area contributed by atoms with Gasteiger partial charge in [-0.2, -0.15) is 4.31 Å². The van der Waals surface area contributed by atoms with Crippen LogP contribution in [0.1, 0.15) is 34.3 Å². The number of rotatable bonds is 5. The number of esters is 1. The number of carbonyl (C=O) groups excluding carboxylic acids is 1. The third kappa shape index (κ3) is 3.40. The number of nitrogens with zero attached hydrogens (tertiary/aromatic N) is 1. The number of hydrogen-bond donors (Lipinski definition) is 0. The summed E-state index contributed by atoms with van der Waals surface area (Å²) in [7, 11) is -1.87. The van der Waals surface area contributed by atoms with E-state index >= 15 is 0 Å². The molecule has 2 heterocycles. The molecule has 0 saturated carbocycles. The van der Waals surface area contributed by atoms with Crippen molar-refractivity contribution in [1.82, 2.24) is 4.31 Å². The number of carbonyl (C=O) groups is 1. The Bertz CT molecular complexity index is 986. The van der Waals surface area contributed by atoms with Gasteiger partial charge in [-0.05, 0) is 43.0 Å². The van der Waals surface area contributed by atoms with E-state index in [-0.39, 0.29) is 18.3 Å². The van der Waals surface area contributed by atoms with E-state index in [1.807, 2.05) is 36.4 Å². The van der Waals surface area contributed by atoms with Gasteiger partial charge >= 0.3 is 5.97 Å². The van der Waals surface area contributed by atoms with Gasteiger partial charge in [0.15, 0.2) is 5.60 Å². The van der Waals surface area contributed by atoms with Gasteiger partial charge in [-0.15, -0.1) is 0 Å². The molecule has 28 heavy (non-hydrogen) atoms. The lowest BCUT2D eigenvalue weighted by Crippen LogP contribution is -2.49. The van der Waals surface area contributed by atoms with Crippen molar-refractivity contribution in [2.24, 2.45) is 0 Å². The van der Waals surface area contributed by atoms with Gasteiger partial charge in [0.25, 0.3) is 0 Å². The molecule has 0 radical (unpaired) electrons. The zero-order valence-corrected chi connectivity index (χ0v) is 16.6. The molecule has 0 N–H and O–H groups in total. The lowest BCUT2D eigenvalue weighted by molar-refractivity contribution is -0.0345. The molecule has 2 aliphatic rings. The second-order valence-corrected chi connectivity index (χ2v) is 9.37. The number of piperidine rings is 1. The highest BCUT2D eigenvalue weighted by molar-refractivity contribution is 7.89. The van der Waals surface area contributed by atoms with Gasteiger partial charge in [0.05, 0.1) is 25.0 Å². The Labute approximate surface area is 165 Å². The molecule has 0 aliphatic carbocycles. The highest BCUT2D eigenvalue weighted by Crippen LogP contribution is 2.43. The second-order valence-electron chi connectivity index (χ2n) is 7.28. The molecule has 2 aliphatic heterocycles. The van der Waals surface area contributed by atoms with Gasteiger partial charge in [0, 0.05) is 12.1 Å². The van der Waals surface area contributed by atoms with Gasteiger partial charge in [-0.25, -0.2) is 13.2 Å². The number of ether oxygens (including phenoxy) is 2. The number of hydrogen-bond acceptors (Lipinski definition) is 5. The Morgan fingerprint density at radius 1 is 1.14 bits per heavy atom. The highest BCUT2D eigenvalue weighted by atomic mass is 32.2. The standard InChI is InChI=1S/C21H23NO5S/c1-26-17-9-7-16(8-10-17)11-14-28(24,25)22-13-4-12-21(15-22)19-6-3-2-5-18(19)20(23)27-21/h2-3,5-10H,4,11-15H2,1H3. The first-order chi connectivity index (χ1) is 13.4. The Morgan fingerprint density at radius 3 is 2.64 bits per heavy atom. The molecule has 1 atom stereocenters. The van der Waals surface area contributed by atoms with E-state index in [1.165, 1.54) is 4.31 Å². The first kappa shape index (κ1) is 19.0. The van der Waals surface area contributed by atoms with E-state index in [0.717, 1.165) is 16.9 Å². The van der Waals surface area contributed by atoms with Crippen LogP contribution in [-0.2, 0) is 26.8 Å². The molecule has 1 unspecified atom stereocenters. The second kappa shape index (κ2) is 7.22. The molecule has 0 amide bonds. The van der Waals surface area contributed by atoms with Crippen LogP contribution in [0.15, 0.2) is 48.5 Å². The molecule has 0 aromatic heterocycles. The number of methoxy groups -OCH3 is 1. The summed E-state index contributed by atoms with van der Waals surface area (Å²) in [4.78, 5) is 12.3. The van der Waals surface area contributed by atoms with Crippen molar-refractivity contribution in [2.45, 2.75) is 24.9 Å².